The fourth-order valence-electron chi connectivity index (χ4n) is 2.98. The van der Waals surface area contributed by atoms with Gasteiger partial charge in [0.1, 0.15) is 21.0 Å². The van der Waals surface area contributed by atoms with Crippen molar-refractivity contribution in [2.75, 3.05) is 5.32 Å². The lowest BCUT2D eigenvalue weighted by molar-refractivity contribution is 0.102. The number of pyridine rings is 2. The van der Waals surface area contributed by atoms with Gasteiger partial charge in [-0.1, -0.05) is 35.6 Å². The molecule has 0 aliphatic carbocycles. The molecule has 0 bridgehead atoms. The summed E-state index contributed by atoms with van der Waals surface area (Å²) in [7, 11) is 0. The van der Waals surface area contributed by atoms with E-state index in [0.29, 0.717) is 11.4 Å². The molecule has 1 N–H and O–H groups in total. The van der Waals surface area contributed by atoms with Gasteiger partial charge in [-0.2, -0.15) is 0 Å². The van der Waals surface area contributed by atoms with Crippen molar-refractivity contribution < 1.29 is 4.79 Å². The fraction of sp³-hybridized carbons (Fsp3) is 0. The van der Waals surface area contributed by atoms with Crippen LogP contribution < -0.4 is 5.32 Å². The Morgan fingerprint density at radius 1 is 0.821 bits per heavy atom. The zero-order chi connectivity index (χ0) is 18.9. The van der Waals surface area contributed by atoms with Crippen LogP contribution >= 0.6 is 11.3 Å². The number of benzene rings is 2. The van der Waals surface area contributed by atoms with E-state index in [4.69, 9.17) is 0 Å². The van der Waals surface area contributed by atoms with Gasteiger partial charge >= 0.3 is 0 Å². The topological polar surface area (TPSA) is 67.8 Å². The molecule has 0 spiro atoms. The lowest BCUT2D eigenvalue weighted by Gasteiger charge is -2.06. The van der Waals surface area contributed by atoms with Gasteiger partial charge in [0.05, 0.1) is 5.52 Å². The van der Waals surface area contributed by atoms with Crippen molar-refractivity contribution in [1.29, 1.82) is 0 Å². The largest absolute Gasteiger partial charge is 0.321 e. The second kappa shape index (κ2) is 6.83. The Balaban J connectivity index is 1.37. The third-order valence-corrected chi connectivity index (χ3v) is 5.42. The molecule has 6 heteroatoms. The number of thiazole rings is 1. The lowest BCUT2D eigenvalue weighted by Crippen LogP contribution is -2.13. The molecule has 0 atom stereocenters. The molecule has 5 aromatic rings. The zero-order valence-corrected chi connectivity index (χ0v) is 15.5. The van der Waals surface area contributed by atoms with Crippen LogP contribution in [0.1, 0.15) is 10.5 Å². The SMILES string of the molecule is O=C(Nc1ccc(-c2nc3cccnc3s2)cc1)c1ccc2ccccc2n1. The smallest absolute Gasteiger partial charge is 0.274 e. The van der Waals surface area contributed by atoms with Gasteiger partial charge in [-0.3, -0.25) is 4.79 Å². The van der Waals surface area contributed by atoms with Crippen LogP contribution in [0.25, 0.3) is 31.8 Å². The highest BCUT2D eigenvalue weighted by atomic mass is 32.1. The first-order valence-electron chi connectivity index (χ1n) is 8.75. The fourth-order valence-corrected chi connectivity index (χ4v) is 3.89. The molecule has 5 rings (SSSR count). The molecule has 5 nitrogen and oxygen atoms in total. The highest BCUT2D eigenvalue weighted by Crippen LogP contribution is 2.29. The van der Waals surface area contributed by atoms with E-state index in [9.17, 15) is 4.79 Å². The van der Waals surface area contributed by atoms with Gasteiger partial charge in [0, 0.05) is 22.8 Å². The molecule has 0 saturated heterocycles. The number of hydrogen-bond donors (Lipinski definition) is 1. The number of anilines is 1. The standard InChI is InChI=1S/C22H14N4OS/c27-20(18-12-9-14-4-1-2-5-17(14)25-18)24-16-10-7-15(8-11-16)21-26-19-6-3-13-23-22(19)28-21/h1-13H,(H,24,27). The predicted octanol–water partition coefficient (Wildman–Crippen LogP) is 5.16. The third kappa shape index (κ3) is 3.10. The molecule has 0 unspecified atom stereocenters. The minimum Gasteiger partial charge on any atom is -0.321 e. The monoisotopic (exact) mass is 382 g/mol. The van der Waals surface area contributed by atoms with Crippen LogP contribution in [-0.2, 0) is 0 Å². The molecular formula is C22H14N4OS. The number of nitrogens with one attached hydrogen (secondary N) is 1. The first kappa shape index (κ1) is 16.5. The summed E-state index contributed by atoms with van der Waals surface area (Å²) in [5.74, 6) is -0.234. The van der Waals surface area contributed by atoms with Gasteiger partial charge < -0.3 is 5.32 Å². The minimum absolute atomic E-state index is 0.234. The summed E-state index contributed by atoms with van der Waals surface area (Å²) in [5.41, 5.74) is 3.78. The van der Waals surface area contributed by atoms with Gasteiger partial charge in [0.15, 0.2) is 0 Å². The van der Waals surface area contributed by atoms with Crippen molar-refractivity contribution in [2.24, 2.45) is 0 Å². The Labute approximate surface area is 164 Å². The van der Waals surface area contributed by atoms with Crippen molar-refractivity contribution in [1.82, 2.24) is 15.0 Å². The van der Waals surface area contributed by atoms with Crippen LogP contribution in [0.15, 0.2) is 79.0 Å². The van der Waals surface area contributed by atoms with Crippen LogP contribution in [0.3, 0.4) is 0 Å². The number of fused-ring (bicyclic) bond motifs is 2. The van der Waals surface area contributed by atoms with E-state index in [2.05, 4.69) is 20.3 Å². The van der Waals surface area contributed by atoms with Crippen LogP contribution in [0, 0.1) is 0 Å². The number of aromatic nitrogens is 3. The van der Waals surface area contributed by atoms with E-state index in [0.717, 1.165) is 31.8 Å². The van der Waals surface area contributed by atoms with Crippen molar-refractivity contribution in [3.05, 3.63) is 84.7 Å². The molecule has 0 aliphatic rings. The summed E-state index contributed by atoms with van der Waals surface area (Å²) >= 11 is 1.55. The van der Waals surface area contributed by atoms with Crippen molar-refractivity contribution in [3.63, 3.8) is 0 Å². The molecule has 28 heavy (non-hydrogen) atoms. The summed E-state index contributed by atoms with van der Waals surface area (Å²) in [6.45, 7) is 0. The summed E-state index contributed by atoms with van der Waals surface area (Å²) in [6, 6.07) is 22.8. The maximum atomic E-state index is 12.5. The number of nitrogens with zero attached hydrogens (tertiary/aromatic N) is 3. The van der Waals surface area contributed by atoms with E-state index < -0.39 is 0 Å². The highest BCUT2D eigenvalue weighted by molar-refractivity contribution is 7.21. The van der Waals surface area contributed by atoms with Crippen LogP contribution in [-0.4, -0.2) is 20.9 Å². The number of hydrogen-bond acceptors (Lipinski definition) is 5. The summed E-state index contributed by atoms with van der Waals surface area (Å²) in [5, 5.41) is 4.81. The number of rotatable bonds is 3. The number of carbonyl (C=O) groups is 1. The molecule has 3 aromatic heterocycles. The Morgan fingerprint density at radius 3 is 2.50 bits per heavy atom. The van der Waals surface area contributed by atoms with Crippen molar-refractivity contribution >= 4 is 44.2 Å². The normalized spacial score (nSPS) is 11.0. The number of carbonyl (C=O) groups excluding carboxylic acids is 1. The number of amides is 1. The Bertz CT molecular complexity index is 1280. The van der Waals surface area contributed by atoms with Gasteiger partial charge in [-0.15, -0.1) is 0 Å². The maximum absolute atomic E-state index is 12.5. The average Bonchev–Trinajstić information content (AvgIpc) is 3.18. The molecule has 0 fully saturated rings. The molecule has 2 aromatic carbocycles. The maximum Gasteiger partial charge on any atom is 0.274 e. The van der Waals surface area contributed by atoms with Crippen molar-refractivity contribution in [2.45, 2.75) is 0 Å². The molecule has 1 amide bonds. The Morgan fingerprint density at radius 2 is 1.64 bits per heavy atom. The van der Waals surface area contributed by atoms with Gasteiger partial charge in [0.25, 0.3) is 5.91 Å². The van der Waals surface area contributed by atoms with E-state index in [1.807, 2.05) is 66.7 Å². The molecule has 0 radical (unpaired) electrons. The summed E-state index contributed by atoms with van der Waals surface area (Å²) in [6.07, 6.45) is 1.77. The molecule has 0 saturated carbocycles. The van der Waals surface area contributed by atoms with E-state index in [1.165, 1.54) is 0 Å². The van der Waals surface area contributed by atoms with Gasteiger partial charge in [0.2, 0.25) is 0 Å². The lowest BCUT2D eigenvalue weighted by atomic mass is 10.2. The second-order valence-electron chi connectivity index (χ2n) is 6.27. The van der Waals surface area contributed by atoms with E-state index in [-0.39, 0.29) is 5.91 Å². The zero-order valence-electron chi connectivity index (χ0n) is 14.7. The first-order valence-corrected chi connectivity index (χ1v) is 9.57. The molecular weight excluding hydrogens is 368 g/mol. The summed E-state index contributed by atoms with van der Waals surface area (Å²) in [4.78, 5) is 26.8. The Kier molecular flexibility index (Phi) is 4.03. The van der Waals surface area contributed by atoms with Crippen LogP contribution in [0.2, 0.25) is 0 Å². The quantitative estimate of drug-likeness (QED) is 0.468. The van der Waals surface area contributed by atoms with Crippen molar-refractivity contribution in [3.8, 4) is 10.6 Å². The average molecular weight is 382 g/mol. The van der Waals surface area contributed by atoms with Crippen LogP contribution in [0.4, 0.5) is 5.69 Å². The van der Waals surface area contributed by atoms with E-state index in [1.54, 1.807) is 23.6 Å². The number of para-hydroxylation sites is 1. The Hall–Kier alpha value is -3.64. The second-order valence-corrected chi connectivity index (χ2v) is 7.24. The van der Waals surface area contributed by atoms with Gasteiger partial charge in [-0.05, 0) is 48.5 Å². The van der Waals surface area contributed by atoms with Gasteiger partial charge in [-0.25, -0.2) is 15.0 Å². The molecule has 3 heterocycles. The van der Waals surface area contributed by atoms with Crippen LogP contribution in [0.5, 0.6) is 0 Å². The van der Waals surface area contributed by atoms with E-state index >= 15 is 0 Å². The molecule has 0 aliphatic heterocycles. The first-order chi connectivity index (χ1) is 13.8. The highest BCUT2D eigenvalue weighted by Gasteiger charge is 2.10. The summed E-state index contributed by atoms with van der Waals surface area (Å²) < 4.78 is 0. The predicted molar refractivity (Wildman–Crippen MR) is 113 cm³/mol. The minimum atomic E-state index is -0.234. The molecule has 134 valence electrons. The third-order valence-electron chi connectivity index (χ3n) is 4.39.